The van der Waals surface area contributed by atoms with Gasteiger partial charge in [-0.25, -0.2) is 0 Å². The SMILES string of the molecule is [Y].c1ccc2c(c1)[N-][C@H]1CCCC[C@H]21. The summed E-state index contributed by atoms with van der Waals surface area (Å²) in [6.07, 6.45) is 5.42. The van der Waals surface area contributed by atoms with E-state index in [-0.39, 0.29) is 32.7 Å². The molecular formula is C12H14NY-. The van der Waals surface area contributed by atoms with Crippen LogP contribution in [0.25, 0.3) is 5.32 Å². The largest absolute Gasteiger partial charge is 0.681 e. The van der Waals surface area contributed by atoms with Crippen molar-refractivity contribution in [2.75, 3.05) is 0 Å². The maximum absolute atomic E-state index is 4.77. The van der Waals surface area contributed by atoms with E-state index >= 15 is 0 Å². The van der Waals surface area contributed by atoms with E-state index in [1.165, 1.54) is 36.9 Å². The second-order valence-corrected chi connectivity index (χ2v) is 4.15. The minimum absolute atomic E-state index is 0. The summed E-state index contributed by atoms with van der Waals surface area (Å²) in [6.45, 7) is 0. The van der Waals surface area contributed by atoms with Crippen molar-refractivity contribution in [1.82, 2.24) is 0 Å². The molecule has 0 saturated heterocycles. The first kappa shape index (κ1) is 10.6. The predicted molar refractivity (Wildman–Crippen MR) is 54.5 cm³/mol. The monoisotopic (exact) mass is 261 g/mol. The number of nitrogens with zero attached hydrogens (tertiary/aromatic N) is 1. The smallest absolute Gasteiger partial charge is 0 e. The molecular weight excluding hydrogens is 247 g/mol. The van der Waals surface area contributed by atoms with Gasteiger partial charge in [0.05, 0.1) is 0 Å². The number of hydrogen-bond acceptors (Lipinski definition) is 0. The quantitative estimate of drug-likeness (QED) is 0.675. The van der Waals surface area contributed by atoms with Crippen LogP contribution in [0.4, 0.5) is 5.69 Å². The molecule has 1 radical (unpaired) electrons. The van der Waals surface area contributed by atoms with Gasteiger partial charge in [0.15, 0.2) is 0 Å². The molecule has 2 atom stereocenters. The Balaban J connectivity index is 0.000000750. The van der Waals surface area contributed by atoms with Crippen LogP contribution in [0.15, 0.2) is 24.3 Å². The molecule has 71 valence electrons. The molecule has 0 amide bonds. The van der Waals surface area contributed by atoms with E-state index in [9.17, 15) is 0 Å². The van der Waals surface area contributed by atoms with Gasteiger partial charge in [-0.2, -0.15) is 0 Å². The first-order valence-electron chi connectivity index (χ1n) is 5.25. The molecule has 3 rings (SSSR count). The van der Waals surface area contributed by atoms with Gasteiger partial charge in [-0.05, 0) is 12.3 Å². The van der Waals surface area contributed by atoms with Gasteiger partial charge in [0.1, 0.15) is 0 Å². The van der Waals surface area contributed by atoms with Gasteiger partial charge in [-0.3, -0.25) is 0 Å². The second kappa shape index (κ2) is 4.32. The predicted octanol–water partition coefficient (Wildman–Crippen LogP) is 3.73. The fraction of sp³-hybridized carbons (Fsp3) is 0.500. The van der Waals surface area contributed by atoms with Gasteiger partial charge < -0.3 is 5.32 Å². The molecule has 1 aromatic rings. The van der Waals surface area contributed by atoms with Crippen LogP contribution in [0.5, 0.6) is 0 Å². The van der Waals surface area contributed by atoms with Crippen LogP contribution >= 0.6 is 0 Å². The zero-order valence-corrected chi connectivity index (χ0v) is 11.2. The molecule has 1 saturated carbocycles. The van der Waals surface area contributed by atoms with E-state index in [4.69, 9.17) is 5.32 Å². The molecule has 1 heterocycles. The van der Waals surface area contributed by atoms with Crippen LogP contribution in [-0.2, 0) is 32.7 Å². The molecule has 0 spiro atoms. The third-order valence-electron chi connectivity index (χ3n) is 3.37. The maximum atomic E-state index is 4.77. The van der Waals surface area contributed by atoms with Crippen LogP contribution < -0.4 is 0 Å². The molecule has 1 aromatic carbocycles. The molecule has 0 N–H and O–H groups in total. The Morgan fingerprint density at radius 3 is 2.79 bits per heavy atom. The van der Waals surface area contributed by atoms with Crippen molar-refractivity contribution in [3.8, 4) is 0 Å². The van der Waals surface area contributed by atoms with Crippen LogP contribution in [0.1, 0.15) is 37.2 Å². The summed E-state index contributed by atoms with van der Waals surface area (Å²) >= 11 is 0. The van der Waals surface area contributed by atoms with Crippen LogP contribution in [-0.4, -0.2) is 6.04 Å². The third kappa shape index (κ3) is 1.65. The maximum Gasteiger partial charge on any atom is 0 e. The number of rotatable bonds is 0. The summed E-state index contributed by atoms with van der Waals surface area (Å²) in [6, 6.07) is 9.28. The molecule has 0 aromatic heterocycles. The molecule has 14 heavy (non-hydrogen) atoms. The van der Waals surface area contributed by atoms with Gasteiger partial charge in [0.25, 0.3) is 0 Å². The standard InChI is InChI=1S/C12H14N.Y/c1-3-7-11-9(5-1)10-6-2-4-8-12(10)13-11;/h1,3,5,7,10,12H,2,4,6,8H2;/q-1;/t10-,12+;/m1./s1. The van der Waals surface area contributed by atoms with Gasteiger partial charge in [-0.1, -0.05) is 49.1 Å². The van der Waals surface area contributed by atoms with Gasteiger partial charge >= 0.3 is 0 Å². The second-order valence-electron chi connectivity index (χ2n) is 4.15. The van der Waals surface area contributed by atoms with Crippen molar-refractivity contribution in [3.63, 3.8) is 0 Å². The number of para-hydroxylation sites is 1. The summed E-state index contributed by atoms with van der Waals surface area (Å²) in [5.41, 5.74) is 2.77. The van der Waals surface area contributed by atoms with Crippen LogP contribution in [0.2, 0.25) is 0 Å². The van der Waals surface area contributed by atoms with Gasteiger partial charge in [-0.15, -0.1) is 11.7 Å². The van der Waals surface area contributed by atoms with E-state index in [2.05, 4.69) is 24.3 Å². The first-order valence-corrected chi connectivity index (χ1v) is 5.25. The summed E-state index contributed by atoms with van der Waals surface area (Å²) in [5.74, 6) is 0.755. The van der Waals surface area contributed by atoms with Crippen molar-refractivity contribution < 1.29 is 32.7 Å². The molecule has 1 fully saturated rings. The minimum Gasteiger partial charge on any atom is -0.681 e. The Labute approximate surface area is 111 Å². The van der Waals surface area contributed by atoms with Crippen molar-refractivity contribution in [1.29, 1.82) is 0 Å². The molecule has 0 unspecified atom stereocenters. The molecule has 0 bridgehead atoms. The fourth-order valence-electron chi connectivity index (χ4n) is 2.73. The minimum atomic E-state index is 0. The number of hydrogen-bond donors (Lipinski definition) is 0. The van der Waals surface area contributed by atoms with E-state index in [1.54, 1.807) is 0 Å². The first-order chi connectivity index (χ1) is 6.45. The average molecular weight is 261 g/mol. The Hall–Kier alpha value is 0.124. The van der Waals surface area contributed by atoms with Crippen molar-refractivity contribution >= 4 is 5.69 Å². The van der Waals surface area contributed by atoms with E-state index in [0.717, 1.165) is 5.92 Å². The molecule has 1 nitrogen and oxygen atoms in total. The Kier molecular flexibility index (Phi) is 3.28. The van der Waals surface area contributed by atoms with Gasteiger partial charge in [0, 0.05) is 32.7 Å². The van der Waals surface area contributed by atoms with E-state index in [1.807, 2.05) is 0 Å². The van der Waals surface area contributed by atoms with E-state index < -0.39 is 0 Å². The van der Waals surface area contributed by atoms with Crippen molar-refractivity contribution in [2.24, 2.45) is 0 Å². The van der Waals surface area contributed by atoms with Crippen LogP contribution in [0, 0.1) is 0 Å². The molecule has 2 heteroatoms. The summed E-state index contributed by atoms with van der Waals surface area (Å²) in [4.78, 5) is 0. The molecule has 1 aliphatic carbocycles. The fourth-order valence-corrected chi connectivity index (χ4v) is 2.73. The Bertz CT molecular complexity index is 324. The summed E-state index contributed by atoms with van der Waals surface area (Å²) in [5, 5.41) is 4.77. The molecule has 1 aliphatic heterocycles. The number of benzene rings is 1. The zero-order valence-electron chi connectivity index (χ0n) is 8.32. The van der Waals surface area contributed by atoms with Crippen molar-refractivity contribution in [2.45, 2.75) is 37.6 Å². The topological polar surface area (TPSA) is 14.1 Å². The summed E-state index contributed by atoms with van der Waals surface area (Å²) < 4.78 is 0. The van der Waals surface area contributed by atoms with Gasteiger partial charge in [0.2, 0.25) is 0 Å². The zero-order chi connectivity index (χ0) is 8.67. The molecule has 2 aliphatic rings. The third-order valence-corrected chi connectivity index (χ3v) is 3.37. The normalized spacial score (nSPS) is 28.3. The Morgan fingerprint density at radius 1 is 1.07 bits per heavy atom. The number of fused-ring (bicyclic) bond motifs is 3. The summed E-state index contributed by atoms with van der Waals surface area (Å²) in [7, 11) is 0. The van der Waals surface area contributed by atoms with E-state index in [0.29, 0.717) is 6.04 Å². The van der Waals surface area contributed by atoms with Crippen molar-refractivity contribution in [3.05, 3.63) is 35.1 Å². The van der Waals surface area contributed by atoms with Crippen LogP contribution in [0.3, 0.4) is 0 Å². The average Bonchev–Trinajstić information content (AvgIpc) is 2.56. The Morgan fingerprint density at radius 2 is 1.86 bits per heavy atom.